The topological polar surface area (TPSA) is 66.0 Å². The van der Waals surface area contributed by atoms with Crippen LogP contribution < -0.4 is 0 Å². The van der Waals surface area contributed by atoms with Gasteiger partial charge in [-0.2, -0.15) is 0 Å². The molecule has 0 saturated carbocycles. The van der Waals surface area contributed by atoms with Crippen molar-refractivity contribution in [3.63, 3.8) is 0 Å². The van der Waals surface area contributed by atoms with Gasteiger partial charge < -0.3 is 10.1 Å². The molecule has 0 spiro atoms. The Hall–Kier alpha value is -2.33. The van der Waals surface area contributed by atoms with Crippen LogP contribution in [0.2, 0.25) is 0 Å². The molecule has 0 aliphatic carbocycles. The Morgan fingerprint density at radius 2 is 1.90 bits per heavy atom. The van der Waals surface area contributed by atoms with Crippen LogP contribution in [0.4, 0.5) is 0 Å². The Morgan fingerprint density at radius 3 is 2.60 bits per heavy atom. The van der Waals surface area contributed by atoms with Gasteiger partial charge in [0.25, 0.3) is 0 Å². The van der Waals surface area contributed by atoms with E-state index in [2.05, 4.69) is 9.97 Å². The number of imidazole rings is 1. The fourth-order valence-electron chi connectivity index (χ4n) is 2.07. The van der Waals surface area contributed by atoms with Crippen molar-refractivity contribution >= 4 is 29.4 Å². The second-order valence-electron chi connectivity index (χ2n) is 4.37. The van der Waals surface area contributed by atoms with E-state index < -0.39 is 5.97 Å². The van der Waals surface area contributed by atoms with Crippen LogP contribution in [0.1, 0.15) is 5.56 Å². The van der Waals surface area contributed by atoms with Crippen molar-refractivity contribution in [1.82, 2.24) is 9.97 Å². The SMILES string of the molecule is Cl.O=C(O)Cc1ccc2[nH]c(-c3ccccc3)nc2c1. The van der Waals surface area contributed by atoms with Crippen LogP contribution in [-0.2, 0) is 11.2 Å². The summed E-state index contributed by atoms with van der Waals surface area (Å²) in [6.07, 6.45) is 0.0173. The van der Waals surface area contributed by atoms with Crippen LogP contribution in [0.3, 0.4) is 0 Å². The van der Waals surface area contributed by atoms with Crippen molar-refractivity contribution in [3.05, 3.63) is 54.1 Å². The molecule has 3 rings (SSSR count). The van der Waals surface area contributed by atoms with E-state index in [0.29, 0.717) is 0 Å². The Balaban J connectivity index is 0.00000147. The molecule has 0 bridgehead atoms. The summed E-state index contributed by atoms with van der Waals surface area (Å²) < 4.78 is 0. The van der Waals surface area contributed by atoms with Crippen LogP contribution in [0.15, 0.2) is 48.5 Å². The average molecular weight is 289 g/mol. The third kappa shape index (κ3) is 2.81. The number of fused-ring (bicyclic) bond motifs is 1. The quantitative estimate of drug-likeness (QED) is 0.777. The monoisotopic (exact) mass is 288 g/mol. The highest BCUT2D eigenvalue weighted by Crippen LogP contribution is 2.21. The summed E-state index contributed by atoms with van der Waals surface area (Å²) in [5, 5.41) is 8.79. The standard InChI is InChI=1S/C15H12N2O2.ClH/c18-14(19)9-10-6-7-12-13(8-10)17-15(16-12)11-4-2-1-3-5-11;/h1-8H,9H2,(H,16,17)(H,18,19);1H. The fraction of sp³-hybridized carbons (Fsp3) is 0.0667. The van der Waals surface area contributed by atoms with Crippen LogP contribution in [0.25, 0.3) is 22.4 Å². The summed E-state index contributed by atoms with van der Waals surface area (Å²) in [7, 11) is 0. The number of aliphatic carboxylic acids is 1. The normalized spacial score (nSPS) is 10.2. The lowest BCUT2D eigenvalue weighted by Crippen LogP contribution is -1.99. The zero-order chi connectivity index (χ0) is 13.2. The molecule has 1 heterocycles. The molecule has 2 aromatic carbocycles. The van der Waals surface area contributed by atoms with E-state index in [1.54, 1.807) is 0 Å². The number of nitrogens with one attached hydrogen (secondary N) is 1. The van der Waals surface area contributed by atoms with Crippen LogP contribution >= 0.6 is 12.4 Å². The van der Waals surface area contributed by atoms with E-state index in [0.717, 1.165) is 28.0 Å². The van der Waals surface area contributed by atoms with Gasteiger partial charge in [0.1, 0.15) is 5.82 Å². The van der Waals surface area contributed by atoms with Crippen LogP contribution in [0, 0.1) is 0 Å². The van der Waals surface area contributed by atoms with Gasteiger partial charge in [-0.05, 0) is 17.7 Å². The first-order valence-electron chi connectivity index (χ1n) is 5.98. The van der Waals surface area contributed by atoms with Gasteiger partial charge in [-0.3, -0.25) is 4.79 Å². The maximum Gasteiger partial charge on any atom is 0.307 e. The fourth-order valence-corrected chi connectivity index (χ4v) is 2.07. The van der Waals surface area contributed by atoms with E-state index in [9.17, 15) is 4.79 Å². The minimum absolute atomic E-state index is 0. The molecule has 2 N–H and O–H groups in total. The third-order valence-corrected chi connectivity index (χ3v) is 2.95. The third-order valence-electron chi connectivity index (χ3n) is 2.95. The molecular formula is C15H13ClN2O2. The average Bonchev–Trinajstić information content (AvgIpc) is 2.82. The number of nitrogens with zero attached hydrogens (tertiary/aromatic N) is 1. The molecule has 0 fully saturated rings. The number of carbonyl (C=O) groups is 1. The van der Waals surface area contributed by atoms with Crippen molar-refractivity contribution in [2.75, 3.05) is 0 Å². The van der Waals surface area contributed by atoms with E-state index >= 15 is 0 Å². The Kier molecular flexibility index (Phi) is 4.05. The number of carboxylic acids is 1. The molecule has 20 heavy (non-hydrogen) atoms. The predicted octanol–water partition coefficient (Wildman–Crippen LogP) is 3.28. The molecule has 0 amide bonds. The first-order valence-corrected chi connectivity index (χ1v) is 5.98. The molecule has 4 nitrogen and oxygen atoms in total. The number of hydrogen-bond acceptors (Lipinski definition) is 2. The number of halogens is 1. The summed E-state index contributed by atoms with van der Waals surface area (Å²) >= 11 is 0. The van der Waals surface area contributed by atoms with E-state index in [-0.39, 0.29) is 18.8 Å². The first-order chi connectivity index (χ1) is 9.22. The van der Waals surface area contributed by atoms with Crippen molar-refractivity contribution < 1.29 is 9.90 Å². The summed E-state index contributed by atoms with van der Waals surface area (Å²) in [5.41, 5.74) is 3.47. The lowest BCUT2D eigenvalue weighted by molar-refractivity contribution is -0.136. The van der Waals surface area contributed by atoms with Gasteiger partial charge >= 0.3 is 5.97 Å². The largest absolute Gasteiger partial charge is 0.481 e. The molecule has 102 valence electrons. The van der Waals surface area contributed by atoms with Gasteiger partial charge in [0, 0.05) is 5.56 Å². The summed E-state index contributed by atoms with van der Waals surface area (Å²) in [6, 6.07) is 15.3. The van der Waals surface area contributed by atoms with Crippen LogP contribution in [0.5, 0.6) is 0 Å². The van der Waals surface area contributed by atoms with Crippen LogP contribution in [-0.4, -0.2) is 21.0 Å². The van der Waals surface area contributed by atoms with Gasteiger partial charge in [-0.25, -0.2) is 4.98 Å². The number of benzene rings is 2. The lowest BCUT2D eigenvalue weighted by Gasteiger charge is -1.95. The maximum atomic E-state index is 10.7. The number of aromatic amines is 1. The molecule has 5 heteroatoms. The number of rotatable bonds is 3. The number of carboxylic acid groups (broad SMARTS) is 1. The predicted molar refractivity (Wildman–Crippen MR) is 80.1 cm³/mol. The highest BCUT2D eigenvalue weighted by atomic mass is 35.5. The molecule has 1 aromatic heterocycles. The van der Waals surface area contributed by atoms with Gasteiger partial charge in [-0.1, -0.05) is 36.4 Å². The zero-order valence-electron chi connectivity index (χ0n) is 10.5. The molecule has 0 aliphatic rings. The van der Waals surface area contributed by atoms with Crippen molar-refractivity contribution in [1.29, 1.82) is 0 Å². The molecule has 0 unspecified atom stereocenters. The molecular weight excluding hydrogens is 276 g/mol. The van der Waals surface area contributed by atoms with Crippen molar-refractivity contribution in [3.8, 4) is 11.4 Å². The number of aromatic nitrogens is 2. The lowest BCUT2D eigenvalue weighted by atomic mass is 10.1. The first kappa shape index (κ1) is 14.1. The minimum Gasteiger partial charge on any atom is -0.481 e. The Morgan fingerprint density at radius 1 is 1.15 bits per heavy atom. The number of hydrogen-bond donors (Lipinski definition) is 2. The van der Waals surface area contributed by atoms with Gasteiger partial charge in [0.2, 0.25) is 0 Å². The second kappa shape index (κ2) is 5.75. The maximum absolute atomic E-state index is 10.7. The van der Waals surface area contributed by atoms with Gasteiger partial charge in [0.05, 0.1) is 17.5 Å². The van der Waals surface area contributed by atoms with Crippen molar-refractivity contribution in [2.45, 2.75) is 6.42 Å². The molecule has 0 aliphatic heterocycles. The van der Waals surface area contributed by atoms with E-state index in [4.69, 9.17) is 5.11 Å². The Labute approximate surface area is 121 Å². The van der Waals surface area contributed by atoms with Gasteiger partial charge in [0.15, 0.2) is 0 Å². The molecule has 0 radical (unpaired) electrons. The molecule has 0 saturated heterocycles. The second-order valence-corrected chi connectivity index (χ2v) is 4.37. The zero-order valence-corrected chi connectivity index (χ0v) is 11.4. The smallest absolute Gasteiger partial charge is 0.307 e. The molecule has 3 aromatic rings. The highest BCUT2D eigenvalue weighted by Gasteiger charge is 2.07. The molecule has 0 atom stereocenters. The van der Waals surface area contributed by atoms with E-state index in [1.165, 1.54) is 0 Å². The van der Waals surface area contributed by atoms with Crippen molar-refractivity contribution in [2.24, 2.45) is 0 Å². The Bertz CT molecular complexity index is 738. The summed E-state index contributed by atoms with van der Waals surface area (Å²) in [6.45, 7) is 0. The van der Waals surface area contributed by atoms with Gasteiger partial charge in [-0.15, -0.1) is 12.4 Å². The summed E-state index contributed by atoms with van der Waals surface area (Å²) in [5.74, 6) is -0.0405. The minimum atomic E-state index is -0.835. The highest BCUT2D eigenvalue weighted by molar-refractivity contribution is 5.85. The van der Waals surface area contributed by atoms with E-state index in [1.807, 2.05) is 48.5 Å². The summed E-state index contributed by atoms with van der Waals surface area (Å²) in [4.78, 5) is 18.4. The number of H-pyrrole nitrogens is 1.